The van der Waals surface area contributed by atoms with Gasteiger partial charge in [0.15, 0.2) is 5.82 Å². The van der Waals surface area contributed by atoms with Crippen LogP contribution in [0.25, 0.3) is 0 Å². The lowest BCUT2D eigenvalue weighted by atomic mass is 9.96. The van der Waals surface area contributed by atoms with Crippen LogP contribution in [-0.2, 0) is 0 Å². The van der Waals surface area contributed by atoms with Crippen LogP contribution in [0, 0.1) is 28.9 Å². The summed E-state index contributed by atoms with van der Waals surface area (Å²) < 4.78 is 1.30. The lowest BCUT2D eigenvalue weighted by Crippen LogP contribution is -2.35. The lowest BCUT2D eigenvalue weighted by Gasteiger charge is -2.35. The molecule has 1 aromatic heterocycles. The molecule has 0 saturated carbocycles. The number of nitro groups is 1. The van der Waals surface area contributed by atoms with Crippen molar-refractivity contribution in [2.75, 3.05) is 47.2 Å². The van der Waals surface area contributed by atoms with E-state index in [1.807, 2.05) is 6.07 Å². The first kappa shape index (κ1) is 28.4. The summed E-state index contributed by atoms with van der Waals surface area (Å²) in [6, 6.07) is 3.63. The van der Waals surface area contributed by atoms with Crippen LogP contribution < -0.4 is 21.1 Å². The minimum atomic E-state index is -0.292. The molecule has 0 bridgehead atoms. The van der Waals surface area contributed by atoms with Crippen LogP contribution in [0.5, 0.6) is 0 Å². The molecule has 35 heavy (non-hydrogen) atoms. The maximum absolute atomic E-state index is 12.0. The topological polar surface area (TPSA) is 131 Å². The summed E-state index contributed by atoms with van der Waals surface area (Å²) in [7, 11) is 0. The second-order valence-corrected chi connectivity index (χ2v) is 9.31. The van der Waals surface area contributed by atoms with Crippen LogP contribution >= 0.6 is 24.8 Å². The first-order chi connectivity index (χ1) is 15.8. The molecule has 194 valence electrons. The predicted octanol–water partition coefficient (Wildman–Crippen LogP) is 3.97. The third-order valence-electron chi connectivity index (χ3n) is 6.80. The van der Waals surface area contributed by atoms with Gasteiger partial charge in [0.05, 0.1) is 11.1 Å². The molecule has 13 heteroatoms. The number of nitrogens with zero attached hydrogens (tertiary/aromatic N) is 7. The molecule has 0 spiro atoms. The fourth-order valence-electron chi connectivity index (χ4n) is 4.46. The van der Waals surface area contributed by atoms with Gasteiger partial charge in [-0.3, -0.25) is 10.1 Å². The van der Waals surface area contributed by atoms with Crippen molar-refractivity contribution < 1.29 is 4.92 Å². The van der Waals surface area contributed by atoms with Gasteiger partial charge in [0, 0.05) is 43.5 Å². The number of hydrazone groups is 1. The number of nitrogens with two attached hydrogens (primary N) is 1. The highest BCUT2D eigenvalue weighted by molar-refractivity contribution is 5.92. The SMILES string of the molecule is Cc1nnc(N/N=C\c2cc([N+](=O)[O-])c(N3CCC(C)CC3)cc2N2CCC(C)CC2)n1N.Cl.Cl. The van der Waals surface area contributed by atoms with Crippen LogP contribution in [-0.4, -0.2) is 52.2 Å². The fraction of sp³-hybridized carbons (Fsp3) is 0.591. The number of benzene rings is 1. The third kappa shape index (κ3) is 6.46. The van der Waals surface area contributed by atoms with E-state index in [1.165, 1.54) is 4.68 Å². The third-order valence-corrected chi connectivity index (χ3v) is 6.80. The van der Waals surface area contributed by atoms with E-state index in [2.05, 4.69) is 44.4 Å². The molecular formula is C22H35Cl2N9O2. The maximum atomic E-state index is 12.0. The van der Waals surface area contributed by atoms with Crippen LogP contribution in [0.4, 0.5) is 23.0 Å². The number of hydrogen-bond acceptors (Lipinski definition) is 9. The first-order valence-corrected chi connectivity index (χ1v) is 11.6. The Labute approximate surface area is 218 Å². The molecule has 2 aliphatic rings. The van der Waals surface area contributed by atoms with Gasteiger partial charge in [-0.15, -0.1) is 35.0 Å². The molecule has 4 rings (SSSR count). The Morgan fingerprint density at radius 1 is 1.03 bits per heavy atom. The Morgan fingerprint density at radius 2 is 1.57 bits per heavy atom. The summed E-state index contributed by atoms with van der Waals surface area (Å²) in [5.41, 5.74) is 5.25. The van der Waals surface area contributed by atoms with Gasteiger partial charge in [-0.05, 0) is 50.5 Å². The Morgan fingerprint density at radius 3 is 2.06 bits per heavy atom. The van der Waals surface area contributed by atoms with Gasteiger partial charge < -0.3 is 15.6 Å². The molecule has 0 amide bonds. The number of nitrogens with one attached hydrogen (secondary N) is 1. The van der Waals surface area contributed by atoms with Crippen molar-refractivity contribution in [2.24, 2.45) is 16.9 Å². The normalized spacial score (nSPS) is 17.2. The molecule has 2 saturated heterocycles. The van der Waals surface area contributed by atoms with Crippen molar-refractivity contribution >= 4 is 54.0 Å². The molecule has 0 radical (unpaired) electrons. The van der Waals surface area contributed by atoms with Gasteiger partial charge in [-0.1, -0.05) is 13.8 Å². The molecule has 1 aromatic carbocycles. The Hall–Kier alpha value is -2.79. The molecule has 2 fully saturated rings. The van der Waals surface area contributed by atoms with Crippen molar-refractivity contribution in [3.8, 4) is 0 Å². The van der Waals surface area contributed by atoms with Crippen molar-refractivity contribution in [3.05, 3.63) is 33.6 Å². The van der Waals surface area contributed by atoms with E-state index in [0.717, 1.165) is 57.5 Å². The van der Waals surface area contributed by atoms with Crippen LogP contribution in [0.2, 0.25) is 0 Å². The van der Waals surface area contributed by atoms with E-state index < -0.39 is 0 Å². The highest BCUT2D eigenvalue weighted by Crippen LogP contribution is 2.38. The molecule has 0 atom stereocenters. The van der Waals surface area contributed by atoms with Crippen LogP contribution in [0.1, 0.15) is 50.9 Å². The predicted molar refractivity (Wildman–Crippen MR) is 145 cm³/mol. The summed E-state index contributed by atoms with van der Waals surface area (Å²) in [6.45, 7) is 9.74. The van der Waals surface area contributed by atoms with Crippen molar-refractivity contribution in [3.63, 3.8) is 0 Å². The number of aryl methyl sites for hydroxylation is 1. The molecule has 3 heterocycles. The highest BCUT2D eigenvalue weighted by atomic mass is 35.5. The van der Waals surface area contributed by atoms with Crippen molar-refractivity contribution in [1.29, 1.82) is 0 Å². The second kappa shape index (κ2) is 12.3. The van der Waals surface area contributed by atoms with E-state index in [4.69, 9.17) is 5.84 Å². The Bertz CT molecular complexity index is 1030. The minimum Gasteiger partial charge on any atom is -0.371 e. The van der Waals surface area contributed by atoms with Crippen molar-refractivity contribution in [2.45, 2.75) is 46.5 Å². The standard InChI is InChI=1S/C22H33N9O2.2ClH/c1-15-4-8-28(9-5-15)19-13-20(29-10-6-16(2)7-11-29)21(31(32)33)12-18(19)14-24-26-22-27-25-17(3)30(22)23;;/h12-16H,4-11,23H2,1-3H3,(H,26,27);2*1H/b24-14-;;. The number of anilines is 3. The summed E-state index contributed by atoms with van der Waals surface area (Å²) in [4.78, 5) is 16.2. The number of halogens is 2. The Balaban J connectivity index is 0.00000216. The zero-order valence-corrected chi connectivity index (χ0v) is 22.0. The molecule has 2 aliphatic heterocycles. The molecule has 0 aliphatic carbocycles. The zero-order valence-electron chi connectivity index (χ0n) is 20.4. The number of nitrogen functional groups attached to an aromatic ring is 1. The van der Waals surface area contributed by atoms with Gasteiger partial charge >= 0.3 is 0 Å². The average molecular weight is 528 g/mol. The number of piperidine rings is 2. The van der Waals surface area contributed by atoms with Gasteiger partial charge in [0.25, 0.3) is 11.6 Å². The zero-order chi connectivity index (χ0) is 23.5. The van der Waals surface area contributed by atoms with Crippen LogP contribution in [0.15, 0.2) is 17.2 Å². The number of nitro benzene ring substituents is 1. The largest absolute Gasteiger partial charge is 0.371 e. The molecule has 3 N–H and O–H groups in total. The van der Waals surface area contributed by atoms with Crippen molar-refractivity contribution in [1.82, 2.24) is 14.9 Å². The first-order valence-electron chi connectivity index (χ1n) is 11.6. The smallest absolute Gasteiger partial charge is 0.293 e. The quantitative estimate of drug-likeness (QED) is 0.249. The van der Waals surface area contributed by atoms with E-state index in [0.29, 0.717) is 34.9 Å². The van der Waals surface area contributed by atoms with E-state index in [9.17, 15) is 10.1 Å². The van der Waals surface area contributed by atoms with Gasteiger partial charge in [-0.2, -0.15) is 5.10 Å². The summed E-state index contributed by atoms with van der Waals surface area (Å²) in [6.07, 6.45) is 5.88. The van der Waals surface area contributed by atoms with Gasteiger partial charge in [0.1, 0.15) is 5.69 Å². The van der Waals surface area contributed by atoms with Gasteiger partial charge in [0.2, 0.25) is 0 Å². The average Bonchev–Trinajstić information content (AvgIpc) is 3.12. The maximum Gasteiger partial charge on any atom is 0.293 e. The molecule has 11 nitrogen and oxygen atoms in total. The number of rotatable bonds is 6. The van der Waals surface area contributed by atoms with E-state index >= 15 is 0 Å². The number of hydrogen-bond donors (Lipinski definition) is 2. The molecule has 0 unspecified atom stereocenters. The fourth-order valence-corrected chi connectivity index (χ4v) is 4.46. The number of aromatic nitrogens is 3. The summed E-state index contributed by atoms with van der Waals surface area (Å²) >= 11 is 0. The van der Waals surface area contributed by atoms with E-state index in [1.54, 1.807) is 19.2 Å². The summed E-state index contributed by atoms with van der Waals surface area (Å²) in [5, 5.41) is 24.1. The second-order valence-electron chi connectivity index (χ2n) is 9.31. The minimum absolute atomic E-state index is 0. The summed E-state index contributed by atoms with van der Waals surface area (Å²) in [5.74, 6) is 8.04. The van der Waals surface area contributed by atoms with E-state index in [-0.39, 0.29) is 35.4 Å². The monoisotopic (exact) mass is 527 g/mol. The molecule has 2 aromatic rings. The van der Waals surface area contributed by atoms with Crippen LogP contribution in [0.3, 0.4) is 0 Å². The Kier molecular flexibility index (Phi) is 9.96. The van der Waals surface area contributed by atoms with Gasteiger partial charge in [-0.25, -0.2) is 10.1 Å². The molecular weight excluding hydrogens is 493 g/mol. The highest BCUT2D eigenvalue weighted by Gasteiger charge is 2.27. The lowest BCUT2D eigenvalue weighted by molar-refractivity contribution is -0.384.